The number of carbonyl (C=O) groups is 1. The van der Waals surface area contributed by atoms with Crippen molar-refractivity contribution in [1.29, 1.82) is 0 Å². The average molecular weight is 436 g/mol. The van der Waals surface area contributed by atoms with Crippen LogP contribution < -0.4 is 4.74 Å². The van der Waals surface area contributed by atoms with E-state index in [4.69, 9.17) is 4.74 Å². The summed E-state index contributed by atoms with van der Waals surface area (Å²) in [5, 5.41) is 16.2. The molecule has 0 radical (unpaired) electrons. The number of H-pyrrole nitrogens is 1. The molecule has 0 saturated carbocycles. The highest BCUT2D eigenvalue weighted by molar-refractivity contribution is 5.76. The summed E-state index contributed by atoms with van der Waals surface area (Å²) in [6.07, 6.45) is 5.28. The minimum atomic E-state index is 0.233. The van der Waals surface area contributed by atoms with Crippen LogP contribution in [-0.2, 0) is 30.8 Å². The first-order valence-corrected chi connectivity index (χ1v) is 11.3. The molecule has 9 nitrogen and oxygen atoms in total. The number of aromatic nitrogens is 5. The number of aromatic amines is 1. The summed E-state index contributed by atoms with van der Waals surface area (Å²) in [4.78, 5) is 16.8. The van der Waals surface area contributed by atoms with Crippen molar-refractivity contribution in [3.8, 4) is 17.0 Å². The van der Waals surface area contributed by atoms with E-state index in [1.54, 1.807) is 7.11 Å². The van der Waals surface area contributed by atoms with Gasteiger partial charge in [0, 0.05) is 56.7 Å². The second kappa shape index (κ2) is 9.12. The molecule has 1 N–H and O–H groups in total. The summed E-state index contributed by atoms with van der Waals surface area (Å²) in [5.41, 5.74) is 5.18. The summed E-state index contributed by atoms with van der Waals surface area (Å²) < 4.78 is 7.53. The monoisotopic (exact) mass is 435 g/mol. The van der Waals surface area contributed by atoms with Crippen LogP contribution in [0.3, 0.4) is 0 Å². The minimum Gasteiger partial charge on any atom is -0.496 e. The smallest absolute Gasteiger partial charge is 0.222 e. The number of rotatable bonds is 7. The van der Waals surface area contributed by atoms with Crippen molar-refractivity contribution < 1.29 is 9.53 Å². The minimum absolute atomic E-state index is 0.233. The zero-order valence-electron chi connectivity index (χ0n) is 18.5. The number of amides is 1. The summed E-state index contributed by atoms with van der Waals surface area (Å²) in [6, 6.07) is 7.97. The fourth-order valence-electron chi connectivity index (χ4n) is 4.68. The summed E-state index contributed by atoms with van der Waals surface area (Å²) >= 11 is 0. The van der Waals surface area contributed by atoms with Crippen LogP contribution in [0, 0.1) is 0 Å². The number of methoxy groups -OCH3 is 1. The number of benzene rings is 1. The second-order valence-electron chi connectivity index (χ2n) is 8.48. The zero-order chi connectivity index (χ0) is 21.9. The van der Waals surface area contributed by atoms with Gasteiger partial charge in [0.15, 0.2) is 0 Å². The lowest BCUT2D eigenvalue weighted by atomic mass is 10.1. The van der Waals surface area contributed by atoms with E-state index in [1.807, 2.05) is 40.0 Å². The molecule has 32 heavy (non-hydrogen) atoms. The molecule has 2 aliphatic rings. The lowest BCUT2D eigenvalue weighted by Gasteiger charge is -2.27. The molecule has 5 rings (SSSR count). The Kier molecular flexibility index (Phi) is 5.89. The van der Waals surface area contributed by atoms with Crippen LogP contribution in [0.4, 0.5) is 0 Å². The lowest BCUT2D eigenvalue weighted by molar-refractivity contribution is -0.130. The third-order valence-corrected chi connectivity index (χ3v) is 6.44. The maximum atomic E-state index is 12.4. The van der Waals surface area contributed by atoms with Crippen LogP contribution in [0.5, 0.6) is 5.75 Å². The van der Waals surface area contributed by atoms with Crippen molar-refractivity contribution in [3.63, 3.8) is 0 Å². The van der Waals surface area contributed by atoms with Crippen LogP contribution >= 0.6 is 0 Å². The fourth-order valence-corrected chi connectivity index (χ4v) is 4.68. The SMILES string of the molecule is COc1ccccc1-c1[nH]ncc1CN1CCn2nnc(CCC(=O)N3CCCC3)c2C1. The number of aryl methyl sites for hydroxylation is 1. The third kappa shape index (κ3) is 4.12. The highest BCUT2D eigenvalue weighted by Gasteiger charge is 2.25. The largest absolute Gasteiger partial charge is 0.496 e. The molecule has 168 valence electrons. The molecule has 2 aliphatic heterocycles. The van der Waals surface area contributed by atoms with Crippen LogP contribution in [0.15, 0.2) is 30.5 Å². The summed E-state index contributed by atoms with van der Waals surface area (Å²) in [7, 11) is 1.68. The Bertz CT molecular complexity index is 1080. The van der Waals surface area contributed by atoms with Crippen LogP contribution in [0.25, 0.3) is 11.3 Å². The van der Waals surface area contributed by atoms with Crippen molar-refractivity contribution in [2.24, 2.45) is 0 Å². The molecule has 9 heteroatoms. The Morgan fingerprint density at radius 2 is 2.00 bits per heavy atom. The number of nitrogens with zero attached hydrogens (tertiary/aromatic N) is 6. The van der Waals surface area contributed by atoms with Crippen molar-refractivity contribution in [2.75, 3.05) is 26.7 Å². The molecule has 1 fully saturated rings. The molecule has 0 aliphatic carbocycles. The van der Waals surface area contributed by atoms with E-state index in [-0.39, 0.29) is 5.91 Å². The van der Waals surface area contributed by atoms with E-state index in [2.05, 4.69) is 25.4 Å². The van der Waals surface area contributed by atoms with Gasteiger partial charge in [-0.15, -0.1) is 5.10 Å². The third-order valence-electron chi connectivity index (χ3n) is 6.44. The van der Waals surface area contributed by atoms with Crippen molar-refractivity contribution in [3.05, 3.63) is 47.4 Å². The van der Waals surface area contributed by atoms with Gasteiger partial charge in [-0.05, 0) is 25.0 Å². The van der Waals surface area contributed by atoms with Crippen LogP contribution in [-0.4, -0.2) is 67.6 Å². The topological polar surface area (TPSA) is 92.2 Å². The van der Waals surface area contributed by atoms with Gasteiger partial charge in [0.2, 0.25) is 5.91 Å². The summed E-state index contributed by atoms with van der Waals surface area (Å²) in [5.74, 6) is 1.06. The molecule has 0 unspecified atom stereocenters. The molecule has 0 atom stereocenters. The van der Waals surface area contributed by atoms with E-state index in [0.29, 0.717) is 12.8 Å². The standard InChI is InChI=1S/C23H29N7O2/c1-32-21-7-3-2-6-18(21)23-17(14-24-26-23)15-28-12-13-30-20(16-28)19(25-27-30)8-9-22(31)29-10-4-5-11-29/h2-3,6-7,14H,4-5,8-13,15-16H2,1H3,(H,24,26). The van der Waals surface area contributed by atoms with Gasteiger partial charge >= 0.3 is 0 Å². The van der Waals surface area contributed by atoms with Gasteiger partial charge in [-0.2, -0.15) is 5.10 Å². The Morgan fingerprint density at radius 1 is 1.16 bits per heavy atom. The van der Waals surface area contributed by atoms with E-state index in [0.717, 1.165) is 86.1 Å². The van der Waals surface area contributed by atoms with E-state index in [9.17, 15) is 4.79 Å². The quantitative estimate of drug-likeness (QED) is 0.612. The Morgan fingerprint density at radius 3 is 2.84 bits per heavy atom. The maximum absolute atomic E-state index is 12.4. The number of nitrogens with one attached hydrogen (secondary N) is 1. The van der Waals surface area contributed by atoms with Gasteiger partial charge in [0.1, 0.15) is 5.75 Å². The highest BCUT2D eigenvalue weighted by Crippen LogP contribution is 2.31. The van der Waals surface area contributed by atoms with E-state index in [1.165, 1.54) is 0 Å². The predicted molar refractivity (Wildman–Crippen MR) is 119 cm³/mol. The van der Waals surface area contributed by atoms with E-state index >= 15 is 0 Å². The fraction of sp³-hybridized carbons (Fsp3) is 0.478. The molecule has 1 saturated heterocycles. The molecule has 0 bridgehead atoms. The van der Waals surface area contributed by atoms with Crippen LogP contribution in [0.1, 0.15) is 36.2 Å². The molecule has 0 spiro atoms. The summed E-state index contributed by atoms with van der Waals surface area (Å²) in [6.45, 7) is 5.00. The van der Waals surface area contributed by atoms with Crippen molar-refractivity contribution in [2.45, 2.75) is 45.3 Å². The van der Waals surface area contributed by atoms with Gasteiger partial charge in [-0.25, -0.2) is 4.68 Å². The van der Waals surface area contributed by atoms with Gasteiger partial charge in [-0.3, -0.25) is 14.8 Å². The molecular weight excluding hydrogens is 406 g/mol. The Hall–Kier alpha value is -3.20. The number of hydrogen-bond acceptors (Lipinski definition) is 6. The highest BCUT2D eigenvalue weighted by atomic mass is 16.5. The van der Waals surface area contributed by atoms with Crippen LogP contribution in [0.2, 0.25) is 0 Å². The number of ether oxygens (including phenoxy) is 1. The normalized spacial score (nSPS) is 16.3. The average Bonchev–Trinajstić information content (AvgIpc) is 3.59. The number of fused-ring (bicyclic) bond motifs is 1. The number of carbonyl (C=O) groups excluding carboxylic acids is 1. The Labute approximate surface area is 187 Å². The first-order valence-electron chi connectivity index (χ1n) is 11.3. The second-order valence-corrected chi connectivity index (χ2v) is 8.48. The Balaban J connectivity index is 1.27. The number of para-hydroxylation sites is 1. The molecule has 1 amide bonds. The molecule has 2 aromatic heterocycles. The molecular formula is C23H29N7O2. The number of likely N-dealkylation sites (tertiary alicyclic amines) is 1. The van der Waals surface area contributed by atoms with Gasteiger partial charge in [0.05, 0.1) is 36.9 Å². The first-order chi connectivity index (χ1) is 15.7. The molecule has 4 heterocycles. The zero-order valence-corrected chi connectivity index (χ0v) is 18.5. The molecule has 3 aromatic rings. The lowest BCUT2D eigenvalue weighted by Crippen LogP contribution is -2.34. The predicted octanol–water partition coefficient (Wildman–Crippen LogP) is 2.25. The first kappa shape index (κ1) is 20.7. The molecule has 1 aromatic carbocycles. The van der Waals surface area contributed by atoms with E-state index < -0.39 is 0 Å². The maximum Gasteiger partial charge on any atom is 0.222 e. The van der Waals surface area contributed by atoms with Crippen molar-refractivity contribution in [1.82, 2.24) is 35.0 Å². The van der Waals surface area contributed by atoms with Gasteiger partial charge in [0.25, 0.3) is 0 Å². The van der Waals surface area contributed by atoms with Gasteiger partial charge in [-0.1, -0.05) is 17.3 Å². The van der Waals surface area contributed by atoms with Crippen molar-refractivity contribution >= 4 is 5.91 Å². The number of hydrogen-bond donors (Lipinski definition) is 1. The van der Waals surface area contributed by atoms with Gasteiger partial charge < -0.3 is 9.64 Å².